The lowest BCUT2D eigenvalue weighted by Gasteiger charge is -2.12. The Labute approximate surface area is 88.9 Å². The lowest BCUT2D eigenvalue weighted by molar-refractivity contribution is 0.100. The first kappa shape index (κ1) is 11.5. The number of hydrogen-bond donors (Lipinski definition) is 3. The molecule has 1 heterocycles. The van der Waals surface area contributed by atoms with E-state index in [1.54, 1.807) is 18.3 Å². The summed E-state index contributed by atoms with van der Waals surface area (Å²) in [7, 11) is 0. The van der Waals surface area contributed by atoms with E-state index in [-0.39, 0.29) is 0 Å². The van der Waals surface area contributed by atoms with Crippen LogP contribution >= 0.6 is 0 Å². The topological polar surface area (TPSA) is 94.0 Å². The molecule has 15 heavy (non-hydrogen) atoms. The van der Waals surface area contributed by atoms with E-state index < -0.39 is 5.91 Å². The SMILES string of the molecule is CC(CN)CNc1ncccc1C(N)=O. The molecule has 0 aliphatic carbocycles. The third kappa shape index (κ3) is 3.21. The number of carbonyl (C=O) groups is 1. The molecule has 0 aliphatic rings. The number of carbonyl (C=O) groups excluding carboxylic acids is 1. The van der Waals surface area contributed by atoms with E-state index >= 15 is 0 Å². The van der Waals surface area contributed by atoms with E-state index in [9.17, 15) is 4.79 Å². The molecule has 0 aliphatic heterocycles. The van der Waals surface area contributed by atoms with Gasteiger partial charge in [-0.25, -0.2) is 4.98 Å². The summed E-state index contributed by atoms with van der Waals surface area (Å²) < 4.78 is 0. The lowest BCUT2D eigenvalue weighted by atomic mass is 10.2. The molecule has 5 nitrogen and oxygen atoms in total. The molecule has 0 spiro atoms. The van der Waals surface area contributed by atoms with Crippen molar-refractivity contribution in [1.82, 2.24) is 4.98 Å². The van der Waals surface area contributed by atoms with Gasteiger partial charge in [0.05, 0.1) is 5.56 Å². The van der Waals surface area contributed by atoms with Crippen LogP contribution in [0.5, 0.6) is 0 Å². The molecule has 0 fully saturated rings. The van der Waals surface area contributed by atoms with Crippen LogP contribution in [0.1, 0.15) is 17.3 Å². The number of hydrogen-bond acceptors (Lipinski definition) is 4. The molecule has 1 atom stereocenters. The highest BCUT2D eigenvalue weighted by atomic mass is 16.1. The van der Waals surface area contributed by atoms with Crippen molar-refractivity contribution in [1.29, 1.82) is 0 Å². The number of rotatable bonds is 5. The highest BCUT2D eigenvalue weighted by Crippen LogP contribution is 2.10. The minimum atomic E-state index is -0.481. The largest absolute Gasteiger partial charge is 0.369 e. The standard InChI is InChI=1S/C10H16N4O/c1-7(5-11)6-14-10-8(9(12)15)3-2-4-13-10/h2-4,7H,5-6,11H2,1H3,(H2,12,15)(H,13,14). The molecule has 5 N–H and O–H groups in total. The summed E-state index contributed by atoms with van der Waals surface area (Å²) in [5.74, 6) is 0.365. The number of nitrogens with zero attached hydrogens (tertiary/aromatic N) is 1. The molecule has 1 rings (SSSR count). The Morgan fingerprint density at radius 1 is 1.67 bits per heavy atom. The van der Waals surface area contributed by atoms with Gasteiger partial charge in [-0.3, -0.25) is 4.79 Å². The predicted octanol–water partition coefficient (Wildman–Crippen LogP) is 0.187. The average Bonchev–Trinajstić information content (AvgIpc) is 2.26. The number of amides is 1. The molecule has 1 aromatic rings. The Hall–Kier alpha value is -1.62. The van der Waals surface area contributed by atoms with Crippen LogP contribution in [0.2, 0.25) is 0 Å². The average molecular weight is 208 g/mol. The molecule has 5 heteroatoms. The zero-order valence-electron chi connectivity index (χ0n) is 8.73. The summed E-state index contributed by atoms with van der Waals surface area (Å²) in [5, 5.41) is 3.05. The van der Waals surface area contributed by atoms with Crippen LogP contribution < -0.4 is 16.8 Å². The van der Waals surface area contributed by atoms with E-state index in [1.165, 1.54) is 0 Å². The smallest absolute Gasteiger partial charge is 0.252 e. The Balaban J connectivity index is 2.72. The first-order valence-corrected chi connectivity index (χ1v) is 4.84. The predicted molar refractivity (Wildman–Crippen MR) is 59.5 cm³/mol. The first-order valence-electron chi connectivity index (χ1n) is 4.84. The maximum absolute atomic E-state index is 11.1. The van der Waals surface area contributed by atoms with Gasteiger partial charge in [0.2, 0.25) is 0 Å². The van der Waals surface area contributed by atoms with Crippen molar-refractivity contribution in [2.24, 2.45) is 17.4 Å². The Morgan fingerprint density at radius 3 is 3.00 bits per heavy atom. The maximum atomic E-state index is 11.1. The summed E-state index contributed by atoms with van der Waals surface area (Å²) in [5.41, 5.74) is 11.1. The molecule has 1 amide bonds. The normalized spacial score (nSPS) is 12.1. The number of nitrogens with one attached hydrogen (secondary N) is 1. The Kier molecular flexibility index (Phi) is 4.05. The van der Waals surface area contributed by atoms with Gasteiger partial charge in [-0.05, 0) is 24.6 Å². The van der Waals surface area contributed by atoms with Crippen LogP contribution in [0.3, 0.4) is 0 Å². The third-order valence-electron chi connectivity index (χ3n) is 2.09. The number of anilines is 1. The van der Waals surface area contributed by atoms with Gasteiger partial charge in [0.15, 0.2) is 0 Å². The second kappa shape index (κ2) is 5.31. The highest BCUT2D eigenvalue weighted by Gasteiger charge is 2.08. The summed E-state index contributed by atoms with van der Waals surface area (Å²) >= 11 is 0. The van der Waals surface area contributed by atoms with Crippen molar-refractivity contribution in [3.63, 3.8) is 0 Å². The van der Waals surface area contributed by atoms with Crippen molar-refractivity contribution in [3.8, 4) is 0 Å². The van der Waals surface area contributed by atoms with E-state index in [4.69, 9.17) is 11.5 Å². The molecule has 0 aromatic carbocycles. The summed E-state index contributed by atoms with van der Waals surface area (Å²) in [6.45, 7) is 3.28. The fourth-order valence-corrected chi connectivity index (χ4v) is 1.10. The zero-order valence-corrected chi connectivity index (χ0v) is 8.73. The van der Waals surface area contributed by atoms with Crippen molar-refractivity contribution in [2.75, 3.05) is 18.4 Å². The molecule has 1 aromatic heterocycles. The number of aromatic nitrogens is 1. The summed E-state index contributed by atoms with van der Waals surface area (Å²) in [4.78, 5) is 15.1. The van der Waals surface area contributed by atoms with Crippen molar-refractivity contribution in [3.05, 3.63) is 23.9 Å². The van der Waals surface area contributed by atoms with Gasteiger partial charge >= 0.3 is 0 Å². The minimum absolute atomic E-state index is 0.327. The van der Waals surface area contributed by atoms with Crippen LogP contribution in [0.25, 0.3) is 0 Å². The van der Waals surface area contributed by atoms with Gasteiger partial charge in [0.25, 0.3) is 5.91 Å². The van der Waals surface area contributed by atoms with Crippen LogP contribution in [0.15, 0.2) is 18.3 Å². The van der Waals surface area contributed by atoms with Gasteiger partial charge < -0.3 is 16.8 Å². The summed E-state index contributed by atoms with van der Waals surface area (Å²) in [6, 6.07) is 3.32. The van der Waals surface area contributed by atoms with E-state index in [2.05, 4.69) is 10.3 Å². The van der Waals surface area contributed by atoms with Gasteiger partial charge in [-0.15, -0.1) is 0 Å². The van der Waals surface area contributed by atoms with Crippen LogP contribution in [-0.4, -0.2) is 24.0 Å². The number of primary amides is 1. The second-order valence-corrected chi connectivity index (χ2v) is 3.49. The Morgan fingerprint density at radius 2 is 2.40 bits per heavy atom. The molecule has 1 unspecified atom stereocenters. The highest BCUT2D eigenvalue weighted by molar-refractivity contribution is 5.97. The molecule has 0 saturated carbocycles. The second-order valence-electron chi connectivity index (χ2n) is 3.49. The summed E-state index contributed by atoms with van der Waals surface area (Å²) in [6.07, 6.45) is 1.61. The molecule has 0 saturated heterocycles. The van der Waals surface area contributed by atoms with Crippen LogP contribution in [-0.2, 0) is 0 Å². The van der Waals surface area contributed by atoms with E-state index in [0.29, 0.717) is 30.4 Å². The van der Waals surface area contributed by atoms with Gasteiger partial charge in [0.1, 0.15) is 5.82 Å². The monoisotopic (exact) mass is 208 g/mol. The van der Waals surface area contributed by atoms with Gasteiger partial charge in [0, 0.05) is 12.7 Å². The zero-order chi connectivity index (χ0) is 11.3. The molecule has 82 valence electrons. The van der Waals surface area contributed by atoms with E-state index in [1.807, 2.05) is 6.92 Å². The van der Waals surface area contributed by atoms with Gasteiger partial charge in [-0.2, -0.15) is 0 Å². The fraction of sp³-hybridized carbons (Fsp3) is 0.400. The number of nitrogens with two attached hydrogens (primary N) is 2. The van der Waals surface area contributed by atoms with E-state index in [0.717, 1.165) is 0 Å². The molecular formula is C10H16N4O. The third-order valence-corrected chi connectivity index (χ3v) is 2.09. The van der Waals surface area contributed by atoms with Crippen LogP contribution in [0, 0.1) is 5.92 Å². The minimum Gasteiger partial charge on any atom is -0.369 e. The quantitative estimate of drug-likeness (QED) is 0.643. The van der Waals surface area contributed by atoms with Crippen molar-refractivity contribution >= 4 is 11.7 Å². The maximum Gasteiger partial charge on any atom is 0.252 e. The molecular weight excluding hydrogens is 192 g/mol. The van der Waals surface area contributed by atoms with Crippen LogP contribution in [0.4, 0.5) is 5.82 Å². The van der Waals surface area contributed by atoms with Crippen molar-refractivity contribution in [2.45, 2.75) is 6.92 Å². The number of pyridine rings is 1. The van der Waals surface area contributed by atoms with Crippen molar-refractivity contribution < 1.29 is 4.79 Å². The first-order chi connectivity index (χ1) is 7.15. The Bertz CT molecular complexity index is 340. The van der Waals surface area contributed by atoms with Gasteiger partial charge in [-0.1, -0.05) is 6.92 Å². The lowest BCUT2D eigenvalue weighted by Crippen LogP contribution is -2.22. The molecule has 0 bridgehead atoms. The fourth-order valence-electron chi connectivity index (χ4n) is 1.10. The molecule has 0 radical (unpaired) electrons.